The maximum Gasteiger partial charge on any atom is 0.248 e. The average Bonchev–Trinajstić information content (AvgIpc) is 3.45. The molecule has 0 N–H and O–H groups in total. The van der Waals surface area contributed by atoms with E-state index in [-0.39, 0.29) is 10.8 Å². The Hall–Kier alpha value is -2.43. The quantitative estimate of drug-likeness (QED) is 0.624. The van der Waals surface area contributed by atoms with Crippen LogP contribution in [0.5, 0.6) is 11.5 Å². The number of benzene rings is 1. The van der Waals surface area contributed by atoms with Crippen LogP contribution in [0, 0.1) is 0 Å². The Balaban J connectivity index is 1.37. The summed E-state index contributed by atoms with van der Waals surface area (Å²) in [7, 11) is -3.66. The van der Waals surface area contributed by atoms with Gasteiger partial charge in [0.15, 0.2) is 11.5 Å². The Morgan fingerprint density at radius 3 is 2.79 bits per heavy atom. The Morgan fingerprint density at radius 2 is 1.97 bits per heavy atom. The van der Waals surface area contributed by atoms with Crippen LogP contribution < -0.4 is 9.47 Å². The first-order valence-electron chi connectivity index (χ1n) is 9.37. The minimum absolute atomic E-state index is 0.129. The first kappa shape index (κ1) is 18.6. The van der Waals surface area contributed by atoms with Crippen LogP contribution in [-0.2, 0) is 10.0 Å². The number of piperidine rings is 1. The summed E-state index contributed by atoms with van der Waals surface area (Å²) in [5.74, 6) is 1.85. The largest absolute Gasteiger partial charge is 0.486 e. The fourth-order valence-corrected chi connectivity index (χ4v) is 5.77. The van der Waals surface area contributed by atoms with Crippen LogP contribution in [0.4, 0.5) is 0 Å². The van der Waals surface area contributed by atoms with Gasteiger partial charge in [0.05, 0.1) is 10.8 Å². The van der Waals surface area contributed by atoms with Crippen LogP contribution in [0.15, 0.2) is 44.3 Å². The molecule has 10 heteroatoms. The van der Waals surface area contributed by atoms with E-state index in [1.807, 2.05) is 16.8 Å². The molecule has 0 bridgehead atoms. The van der Waals surface area contributed by atoms with Crippen molar-refractivity contribution in [1.29, 1.82) is 0 Å². The highest BCUT2D eigenvalue weighted by Crippen LogP contribution is 2.35. The summed E-state index contributed by atoms with van der Waals surface area (Å²) in [5, 5.41) is 12.2. The summed E-state index contributed by atoms with van der Waals surface area (Å²) in [6, 6.07) is 6.66. The monoisotopic (exact) mass is 433 g/mol. The van der Waals surface area contributed by atoms with Crippen molar-refractivity contribution in [1.82, 2.24) is 14.5 Å². The molecule has 1 atom stereocenters. The zero-order valence-corrected chi connectivity index (χ0v) is 17.1. The van der Waals surface area contributed by atoms with E-state index in [0.29, 0.717) is 49.6 Å². The molecule has 3 aromatic rings. The number of hydrogen-bond donors (Lipinski definition) is 0. The third-order valence-corrected chi connectivity index (χ3v) is 7.64. The fraction of sp³-hybridized carbons (Fsp3) is 0.368. The second-order valence-corrected chi connectivity index (χ2v) is 9.68. The average molecular weight is 434 g/mol. The number of sulfonamides is 1. The summed E-state index contributed by atoms with van der Waals surface area (Å²) in [6.45, 7) is 1.64. The first-order chi connectivity index (χ1) is 14.1. The lowest BCUT2D eigenvalue weighted by molar-refractivity contribution is 0.171. The number of ether oxygens (including phenoxy) is 2. The molecule has 0 aliphatic carbocycles. The highest BCUT2D eigenvalue weighted by Gasteiger charge is 2.34. The fourth-order valence-electron chi connectivity index (χ4n) is 3.60. The van der Waals surface area contributed by atoms with Gasteiger partial charge in [-0.05, 0) is 36.4 Å². The molecule has 0 amide bonds. The minimum atomic E-state index is -3.66. The molecule has 0 unspecified atom stereocenters. The van der Waals surface area contributed by atoms with Crippen molar-refractivity contribution in [3.8, 4) is 23.0 Å². The van der Waals surface area contributed by atoms with Gasteiger partial charge in [-0.3, -0.25) is 0 Å². The molecule has 29 heavy (non-hydrogen) atoms. The summed E-state index contributed by atoms with van der Waals surface area (Å²) >= 11 is 1.56. The molecular formula is C19H19N3O5S2. The van der Waals surface area contributed by atoms with Gasteiger partial charge in [0, 0.05) is 30.1 Å². The maximum atomic E-state index is 13.2. The molecule has 0 spiro atoms. The molecule has 0 saturated carbocycles. The van der Waals surface area contributed by atoms with Crippen LogP contribution in [-0.4, -0.2) is 49.2 Å². The summed E-state index contributed by atoms with van der Waals surface area (Å²) in [6.07, 6.45) is 1.53. The van der Waals surface area contributed by atoms with E-state index in [2.05, 4.69) is 10.2 Å². The number of rotatable bonds is 4. The smallest absolute Gasteiger partial charge is 0.248 e. The first-order valence-corrected chi connectivity index (χ1v) is 11.8. The van der Waals surface area contributed by atoms with Gasteiger partial charge in [0.25, 0.3) is 0 Å². The zero-order chi connectivity index (χ0) is 19.8. The van der Waals surface area contributed by atoms with Gasteiger partial charge in [-0.15, -0.1) is 10.2 Å². The number of aromatic nitrogens is 2. The van der Waals surface area contributed by atoms with Gasteiger partial charge in [-0.25, -0.2) is 8.42 Å². The molecule has 4 heterocycles. The van der Waals surface area contributed by atoms with Gasteiger partial charge < -0.3 is 13.9 Å². The van der Waals surface area contributed by atoms with Gasteiger partial charge in [-0.2, -0.15) is 15.6 Å². The molecule has 2 aliphatic rings. The van der Waals surface area contributed by atoms with Crippen molar-refractivity contribution in [3.63, 3.8) is 0 Å². The Kier molecular flexibility index (Phi) is 4.76. The molecule has 1 aromatic carbocycles. The SMILES string of the molecule is O=S(=O)(c1ccc2c(c1)OCCO2)N1CCC[C@@H](c2nnc(-c3ccsc3)o2)C1. The summed E-state index contributed by atoms with van der Waals surface area (Å²) < 4.78 is 44.8. The van der Waals surface area contributed by atoms with Gasteiger partial charge in [0.1, 0.15) is 13.2 Å². The van der Waals surface area contributed by atoms with Crippen molar-refractivity contribution in [2.75, 3.05) is 26.3 Å². The Morgan fingerprint density at radius 1 is 1.10 bits per heavy atom. The maximum absolute atomic E-state index is 13.2. The topological polar surface area (TPSA) is 94.8 Å². The van der Waals surface area contributed by atoms with E-state index in [0.717, 1.165) is 18.4 Å². The summed E-state index contributed by atoms with van der Waals surface area (Å²) in [4.78, 5) is 0.201. The number of hydrogen-bond acceptors (Lipinski definition) is 8. The standard InChI is InChI=1S/C19H19N3O5S2/c23-29(24,15-3-4-16-17(10-15)26-8-7-25-16)22-6-1-2-13(11-22)18-20-21-19(27-18)14-5-9-28-12-14/h3-5,9-10,12-13H,1-2,6-8,11H2/t13-/m1/s1. The molecule has 0 radical (unpaired) electrons. The molecule has 2 aliphatic heterocycles. The Labute approximate surface area is 172 Å². The van der Waals surface area contributed by atoms with Gasteiger partial charge in [-0.1, -0.05) is 0 Å². The van der Waals surface area contributed by atoms with Crippen molar-refractivity contribution in [2.45, 2.75) is 23.7 Å². The predicted molar refractivity (Wildman–Crippen MR) is 106 cm³/mol. The van der Waals surface area contributed by atoms with Gasteiger partial charge >= 0.3 is 0 Å². The third-order valence-electron chi connectivity index (χ3n) is 5.09. The molecule has 2 aromatic heterocycles. The number of thiophene rings is 1. The molecule has 5 rings (SSSR count). The highest BCUT2D eigenvalue weighted by atomic mass is 32.2. The molecule has 1 fully saturated rings. The lowest BCUT2D eigenvalue weighted by Crippen LogP contribution is -2.39. The van der Waals surface area contributed by atoms with E-state index >= 15 is 0 Å². The van der Waals surface area contributed by atoms with E-state index in [4.69, 9.17) is 13.9 Å². The minimum Gasteiger partial charge on any atom is -0.486 e. The second-order valence-electron chi connectivity index (χ2n) is 6.97. The van der Waals surface area contributed by atoms with Crippen LogP contribution in [0.2, 0.25) is 0 Å². The number of fused-ring (bicyclic) bond motifs is 1. The van der Waals surface area contributed by atoms with E-state index in [9.17, 15) is 8.42 Å². The number of nitrogens with zero attached hydrogens (tertiary/aromatic N) is 3. The highest BCUT2D eigenvalue weighted by molar-refractivity contribution is 7.89. The van der Waals surface area contributed by atoms with E-state index in [1.54, 1.807) is 23.5 Å². The van der Waals surface area contributed by atoms with Crippen molar-refractivity contribution >= 4 is 21.4 Å². The zero-order valence-electron chi connectivity index (χ0n) is 15.5. The van der Waals surface area contributed by atoms with Crippen LogP contribution in [0.3, 0.4) is 0 Å². The van der Waals surface area contributed by atoms with Gasteiger partial charge in [0.2, 0.25) is 21.8 Å². The van der Waals surface area contributed by atoms with Crippen LogP contribution in [0.1, 0.15) is 24.7 Å². The van der Waals surface area contributed by atoms with Crippen molar-refractivity contribution in [2.24, 2.45) is 0 Å². The van der Waals surface area contributed by atoms with E-state index in [1.165, 1.54) is 10.4 Å². The van der Waals surface area contributed by atoms with E-state index < -0.39 is 10.0 Å². The molecule has 152 valence electrons. The van der Waals surface area contributed by atoms with Crippen molar-refractivity contribution < 1.29 is 22.3 Å². The van der Waals surface area contributed by atoms with Crippen molar-refractivity contribution in [3.05, 3.63) is 40.9 Å². The van der Waals surface area contributed by atoms with Crippen LogP contribution in [0.25, 0.3) is 11.5 Å². The molecule has 1 saturated heterocycles. The van der Waals surface area contributed by atoms with Crippen LogP contribution >= 0.6 is 11.3 Å². The molecule has 8 nitrogen and oxygen atoms in total. The lowest BCUT2D eigenvalue weighted by Gasteiger charge is -2.30. The normalized spacial score (nSPS) is 19.9. The predicted octanol–water partition coefficient (Wildman–Crippen LogP) is 3.14. The second kappa shape index (κ2) is 7.43. The lowest BCUT2D eigenvalue weighted by atomic mass is 10.00. The summed E-state index contributed by atoms with van der Waals surface area (Å²) in [5.41, 5.74) is 0.880. The third kappa shape index (κ3) is 3.52. The Bertz CT molecular complexity index is 1110. The molecular weight excluding hydrogens is 414 g/mol.